The topological polar surface area (TPSA) is 72.2 Å². The van der Waals surface area contributed by atoms with Crippen LogP contribution in [0, 0.1) is 0 Å². The van der Waals surface area contributed by atoms with Crippen molar-refractivity contribution in [3.63, 3.8) is 0 Å². The molecule has 0 aliphatic carbocycles. The number of sulfonamides is 1. The lowest BCUT2D eigenvalue weighted by atomic mass is 10.1. The highest BCUT2D eigenvalue weighted by atomic mass is 79.9. The molecule has 0 fully saturated rings. The van der Waals surface area contributed by atoms with Crippen LogP contribution in [0.5, 0.6) is 0 Å². The van der Waals surface area contributed by atoms with Crippen LogP contribution in [0.4, 0.5) is 5.69 Å². The number of nitrogens with one attached hydrogen (secondary N) is 1. The summed E-state index contributed by atoms with van der Waals surface area (Å²) in [4.78, 5) is 0.252. The molecule has 0 spiro atoms. The largest absolute Gasteiger partial charge is 0.330 e. The molecule has 0 radical (unpaired) electrons. The molecule has 0 amide bonds. The number of rotatable bonds is 6. The van der Waals surface area contributed by atoms with Gasteiger partial charge in [-0.15, -0.1) is 0 Å². The van der Waals surface area contributed by atoms with Gasteiger partial charge in [0.25, 0.3) is 10.0 Å². The van der Waals surface area contributed by atoms with Gasteiger partial charge in [-0.05, 0) is 61.3 Å². The van der Waals surface area contributed by atoms with E-state index in [2.05, 4.69) is 20.7 Å². The SMILES string of the molecule is NCCCc1ccc(S(=O)(=O)Nc2ccc(Br)cc2)cc1. The average Bonchev–Trinajstić information content (AvgIpc) is 2.48. The third-order valence-electron chi connectivity index (χ3n) is 3.00. The fourth-order valence-electron chi connectivity index (χ4n) is 1.87. The lowest BCUT2D eigenvalue weighted by Gasteiger charge is -2.09. The number of hydrogen-bond acceptors (Lipinski definition) is 3. The molecule has 3 N–H and O–H groups in total. The molecule has 21 heavy (non-hydrogen) atoms. The summed E-state index contributed by atoms with van der Waals surface area (Å²) in [5.41, 5.74) is 7.08. The zero-order chi connectivity index (χ0) is 15.3. The Bertz CT molecular complexity index is 683. The Hall–Kier alpha value is -1.37. The number of hydrogen-bond donors (Lipinski definition) is 2. The van der Waals surface area contributed by atoms with Crippen molar-refractivity contribution < 1.29 is 8.42 Å². The minimum atomic E-state index is -3.55. The highest BCUT2D eigenvalue weighted by Gasteiger charge is 2.13. The van der Waals surface area contributed by atoms with Gasteiger partial charge in [0.1, 0.15) is 0 Å². The van der Waals surface area contributed by atoms with E-state index in [1.807, 2.05) is 12.1 Å². The van der Waals surface area contributed by atoms with Crippen LogP contribution < -0.4 is 10.5 Å². The van der Waals surface area contributed by atoms with E-state index in [-0.39, 0.29) is 4.90 Å². The predicted octanol–water partition coefficient (Wildman–Crippen LogP) is 3.14. The molecule has 0 saturated heterocycles. The van der Waals surface area contributed by atoms with Gasteiger partial charge in [-0.3, -0.25) is 4.72 Å². The summed E-state index contributed by atoms with van der Waals surface area (Å²) >= 11 is 3.31. The number of halogens is 1. The van der Waals surface area contributed by atoms with Gasteiger partial charge < -0.3 is 5.73 Å². The molecule has 0 unspecified atom stereocenters. The van der Waals surface area contributed by atoms with E-state index in [1.54, 1.807) is 36.4 Å². The van der Waals surface area contributed by atoms with Crippen LogP contribution in [0.1, 0.15) is 12.0 Å². The quantitative estimate of drug-likeness (QED) is 0.822. The lowest BCUT2D eigenvalue weighted by Crippen LogP contribution is -2.12. The molecular weight excluding hydrogens is 352 g/mol. The fraction of sp³-hybridized carbons (Fsp3) is 0.200. The summed E-state index contributed by atoms with van der Waals surface area (Å²) < 4.78 is 28.0. The van der Waals surface area contributed by atoms with E-state index in [0.29, 0.717) is 12.2 Å². The summed E-state index contributed by atoms with van der Waals surface area (Å²) in [7, 11) is -3.55. The third kappa shape index (κ3) is 4.56. The molecule has 2 aromatic rings. The second kappa shape index (κ2) is 7.06. The van der Waals surface area contributed by atoms with Gasteiger partial charge in [-0.2, -0.15) is 0 Å². The Labute approximate surface area is 133 Å². The predicted molar refractivity (Wildman–Crippen MR) is 88.8 cm³/mol. The van der Waals surface area contributed by atoms with Crippen LogP contribution in [-0.4, -0.2) is 15.0 Å². The first kappa shape index (κ1) is 16.0. The second-order valence-electron chi connectivity index (χ2n) is 4.65. The lowest BCUT2D eigenvalue weighted by molar-refractivity contribution is 0.601. The van der Waals surface area contributed by atoms with Crippen molar-refractivity contribution in [3.8, 4) is 0 Å². The van der Waals surface area contributed by atoms with Gasteiger partial charge in [-0.1, -0.05) is 28.1 Å². The zero-order valence-corrected chi connectivity index (χ0v) is 13.8. The molecule has 0 bridgehead atoms. The van der Waals surface area contributed by atoms with Crippen molar-refractivity contribution in [1.29, 1.82) is 0 Å². The normalized spacial score (nSPS) is 11.3. The molecule has 0 heterocycles. The van der Waals surface area contributed by atoms with Crippen molar-refractivity contribution >= 4 is 31.6 Å². The molecule has 0 saturated carbocycles. The van der Waals surface area contributed by atoms with E-state index in [1.165, 1.54) is 0 Å². The molecule has 0 aromatic heterocycles. The number of aryl methyl sites for hydroxylation is 1. The molecule has 0 aliphatic heterocycles. The van der Waals surface area contributed by atoms with Crippen molar-refractivity contribution in [1.82, 2.24) is 0 Å². The number of benzene rings is 2. The Morgan fingerprint density at radius 1 is 1.00 bits per heavy atom. The summed E-state index contributed by atoms with van der Waals surface area (Å²) in [6.07, 6.45) is 1.75. The first-order valence-electron chi connectivity index (χ1n) is 6.59. The minimum absolute atomic E-state index is 0.252. The summed E-state index contributed by atoms with van der Waals surface area (Å²) in [6, 6.07) is 13.9. The molecular formula is C15H17BrN2O2S. The van der Waals surface area contributed by atoms with Gasteiger partial charge in [0, 0.05) is 10.2 Å². The summed E-state index contributed by atoms with van der Waals surface area (Å²) in [5, 5.41) is 0. The Balaban J connectivity index is 2.13. The zero-order valence-electron chi connectivity index (χ0n) is 11.4. The highest BCUT2D eigenvalue weighted by Crippen LogP contribution is 2.19. The molecule has 0 aliphatic rings. The maximum Gasteiger partial charge on any atom is 0.261 e. The Kier molecular flexibility index (Phi) is 5.39. The van der Waals surface area contributed by atoms with E-state index in [0.717, 1.165) is 22.9 Å². The van der Waals surface area contributed by atoms with Crippen LogP contribution in [0.15, 0.2) is 57.9 Å². The second-order valence-corrected chi connectivity index (χ2v) is 7.25. The van der Waals surface area contributed by atoms with Crippen molar-refractivity contribution in [2.45, 2.75) is 17.7 Å². The smallest absolute Gasteiger partial charge is 0.261 e. The van der Waals surface area contributed by atoms with Gasteiger partial charge >= 0.3 is 0 Å². The molecule has 6 heteroatoms. The van der Waals surface area contributed by atoms with Crippen LogP contribution in [0.2, 0.25) is 0 Å². The number of nitrogens with two attached hydrogens (primary N) is 1. The van der Waals surface area contributed by atoms with Gasteiger partial charge in [-0.25, -0.2) is 8.42 Å². The summed E-state index contributed by atoms with van der Waals surface area (Å²) in [5.74, 6) is 0. The first-order chi connectivity index (χ1) is 10.0. The van der Waals surface area contributed by atoms with Gasteiger partial charge in [0.2, 0.25) is 0 Å². The third-order valence-corrected chi connectivity index (χ3v) is 4.93. The minimum Gasteiger partial charge on any atom is -0.330 e. The van der Waals surface area contributed by atoms with Gasteiger partial charge in [0.05, 0.1) is 4.90 Å². The molecule has 0 atom stereocenters. The van der Waals surface area contributed by atoms with E-state index >= 15 is 0 Å². The van der Waals surface area contributed by atoms with Crippen molar-refractivity contribution in [2.24, 2.45) is 5.73 Å². The molecule has 4 nitrogen and oxygen atoms in total. The van der Waals surface area contributed by atoms with E-state index < -0.39 is 10.0 Å². The summed E-state index contributed by atoms with van der Waals surface area (Å²) in [6.45, 7) is 0.630. The Morgan fingerprint density at radius 2 is 1.62 bits per heavy atom. The van der Waals surface area contributed by atoms with E-state index in [9.17, 15) is 8.42 Å². The molecule has 112 valence electrons. The van der Waals surface area contributed by atoms with Crippen LogP contribution >= 0.6 is 15.9 Å². The molecule has 2 rings (SSSR count). The fourth-order valence-corrected chi connectivity index (χ4v) is 3.20. The monoisotopic (exact) mass is 368 g/mol. The first-order valence-corrected chi connectivity index (χ1v) is 8.86. The van der Waals surface area contributed by atoms with Crippen molar-refractivity contribution in [3.05, 3.63) is 58.6 Å². The van der Waals surface area contributed by atoms with Crippen LogP contribution in [0.3, 0.4) is 0 Å². The van der Waals surface area contributed by atoms with Gasteiger partial charge in [0.15, 0.2) is 0 Å². The average molecular weight is 369 g/mol. The Morgan fingerprint density at radius 3 is 2.19 bits per heavy atom. The maximum atomic E-state index is 12.3. The van der Waals surface area contributed by atoms with E-state index in [4.69, 9.17) is 5.73 Å². The number of anilines is 1. The highest BCUT2D eigenvalue weighted by molar-refractivity contribution is 9.10. The van der Waals surface area contributed by atoms with Crippen LogP contribution in [-0.2, 0) is 16.4 Å². The van der Waals surface area contributed by atoms with Crippen molar-refractivity contribution in [2.75, 3.05) is 11.3 Å². The maximum absolute atomic E-state index is 12.3. The standard InChI is InChI=1S/C15H17BrN2O2S/c16-13-5-7-14(8-6-13)18-21(19,20)15-9-3-12(4-10-15)2-1-11-17/h3-10,18H,1-2,11,17H2. The van der Waals surface area contributed by atoms with Crippen LogP contribution in [0.25, 0.3) is 0 Å². The molecule has 2 aromatic carbocycles.